The van der Waals surface area contributed by atoms with Crippen LogP contribution < -0.4 is 10.2 Å². The van der Waals surface area contributed by atoms with E-state index in [2.05, 4.69) is 20.2 Å². The molecule has 2 saturated heterocycles. The number of amides is 2. The molecule has 2 fully saturated rings. The molecule has 10 heteroatoms. The summed E-state index contributed by atoms with van der Waals surface area (Å²) >= 11 is 0. The van der Waals surface area contributed by atoms with E-state index in [-0.39, 0.29) is 23.1 Å². The topological polar surface area (TPSA) is 78.4 Å². The first kappa shape index (κ1) is 26.3. The molecular weight excluding hydrogens is 519 g/mol. The van der Waals surface area contributed by atoms with Crippen molar-refractivity contribution in [2.75, 3.05) is 31.1 Å². The van der Waals surface area contributed by atoms with Crippen LogP contribution in [0.2, 0.25) is 0 Å². The fourth-order valence-electron chi connectivity index (χ4n) is 6.31. The van der Waals surface area contributed by atoms with Gasteiger partial charge in [-0.3, -0.25) is 19.6 Å². The molecule has 3 aliphatic rings. The van der Waals surface area contributed by atoms with E-state index in [1.165, 1.54) is 5.69 Å². The normalized spacial score (nSPS) is 20.0. The van der Waals surface area contributed by atoms with Gasteiger partial charge in [-0.2, -0.15) is 13.2 Å². The third-order valence-corrected chi connectivity index (χ3v) is 8.68. The average molecular weight is 550 g/mol. The minimum Gasteiger partial charge on any atom is -0.371 e. The molecule has 6 rings (SSSR count). The number of nitrogens with zero attached hydrogens (tertiary/aromatic N) is 4. The van der Waals surface area contributed by atoms with Gasteiger partial charge < -0.3 is 15.1 Å². The molecule has 4 heterocycles. The van der Waals surface area contributed by atoms with Crippen molar-refractivity contribution in [3.8, 4) is 0 Å². The molecule has 0 saturated carbocycles. The van der Waals surface area contributed by atoms with Crippen molar-refractivity contribution in [3.05, 3.63) is 89.0 Å². The molecule has 0 bridgehead atoms. The van der Waals surface area contributed by atoms with E-state index in [1.54, 1.807) is 0 Å². The van der Waals surface area contributed by atoms with Crippen molar-refractivity contribution in [1.82, 2.24) is 20.2 Å². The minimum absolute atomic E-state index is 0.00220. The highest BCUT2D eigenvalue weighted by atomic mass is 19.4. The van der Waals surface area contributed by atoms with E-state index in [9.17, 15) is 22.8 Å². The number of nitrogens with one attached hydrogen (secondary N) is 1. The Bertz CT molecular complexity index is 1400. The van der Waals surface area contributed by atoms with Crippen molar-refractivity contribution in [1.29, 1.82) is 0 Å². The van der Waals surface area contributed by atoms with E-state index in [0.717, 1.165) is 75.1 Å². The van der Waals surface area contributed by atoms with Gasteiger partial charge in [0.2, 0.25) is 0 Å². The van der Waals surface area contributed by atoms with Crippen molar-refractivity contribution in [2.24, 2.45) is 5.41 Å². The van der Waals surface area contributed by atoms with E-state index >= 15 is 0 Å². The van der Waals surface area contributed by atoms with Crippen LogP contribution in [0.4, 0.5) is 18.9 Å². The molecule has 7 nitrogen and oxygen atoms in total. The van der Waals surface area contributed by atoms with Crippen LogP contribution in [0.1, 0.15) is 69.3 Å². The van der Waals surface area contributed by atoms with Gasteiger partial charge in [0.25, 0.3) is 11.8 Å². The second-order valence-electron chi connectivity index (χ2n) is 11.1. The van der Waals surface area contributed by atoms with Crippen LogP contribution in [0.3, 0.4) is 0 Å². The standard InChI is InChI=1S/C30H30F3N5O2/c31-30(32,33)22-4-6-26(35-18-22)27(39)36-25-5-3-20-1-2-21(17-24(20)25)28(40)38-16-11-29(19-38)9-14-37(15-10-29)23-7-12-34-13-8-23/h1-2,4,6-8,12-13,17-18,25H,3,5,9-11,14-16,19H2,(H,36,39). The van der Waals surface area contributed by atoms with Crippen LogP contribution in [0.25, 0.3) is 0 Å². The maximum absolute atomic E-state index is 13.5. The Morgan fingerprint density at radius 3 is 2.42 bits per heavy atom. The molecule has 208 valence electrons. The number of aryl methyl sites for hydroxylation is 1. The van der Waals surface area contributed by atoms with Crippen molar-refractivity contribution in [2.45, 2.75) is 44.3 Å². The number of halogens is 3. The van der Waals surface area contributed by atoms with E-state index < -0.39 is 17.6 Å². The number of rotatable bonds is 4. The van der Waals surface area contributed by atoms with E-state index in [1.807, 2.05) is 47.6 Å². The third-order valence-electron chi connectivity index (χ3n) is 8.68. The quantitative estimate of drug-likeness (QED) is 0.493. The van der Waals surface area contributed by atoms with Gasteiger partial charge >= 0.3 is 6.18 Å². The molecule has 2 amide bonds. The van der Waals surface area contributed by atoms with E-state index in [0.29, 0.717) is 18.2 Å². The summed E-state index contributed by atoms with van der Waals surface area (Å²) in [5, 5.41) is 2.89. The Morgan fingerprint density at radius 1 is 0.975 bits per heavy atom. The lowest BCUT2D eigenvalue weighted by molar-refractivity contribution is -0.137. The van der Waals surface area contributed by atoms with Gasteiger partial charge in [-0.1, -0.05) is 6.07 Å². The second-order valence-corrected chi connectivity index (χ2v) is 11.1. The zero-order valence-corrected chi connectivity index (χ0v) is 22.0. The highest BCUT2D eigenvalue weighted by molar-refractivity contribution is 5.95. The first-order valence-corrected chi connectivity index (χ1v) is 13.6. The summed E-state index contributed by atoms with van der Waals surface area (Å²) in [5.74, 6) is -0.541. The maximum Gasteiger partial charge on any atom is 0.417 e. The van der Waals surface area contributed by atoms with Crippen molar-refractivity contribution < 1.29 is 22.8 Å². The molecule has 1 unspecified atom stereocenters. The number of carbonyl (C=O) groups excluding carboxylic acids is 2. The monoisotopic (exact) mass is 549 g/mol. The molecule has 1 N–H and O–H groups in total. The molecule has 2 aromatic heterocycles. The van der Waals surface area contributed by atoms with Gasteiger partial charge in [0, 0.05) is 56.0 Å². The van der Waals surface area contributed by atoms with Gasteiger partial charge in [-0.15, -0.1) is 0 Å². The predicted octanol–water partition coefficient (Wildman–Crippen LogP) is 5.05. The average Bonchev–Trinajstić information content (AvgIpc) is 3.57. The number of carbonyl (C=O) groups is 2. The Balaban J connectivity index is 1.10. The molecule has 1 atom stereocenters. The van der Waals surface area contributed by atoms with Crippen LogP contribution in [0.5, 0.6) is 0 Å². The highest BCUT2D eigenvalue weighted by Gasteiger charge is 2.42. The number of alkyl halides is 3. The highest BCUT2D eigenvalue weighted by Crippen LogP contribution is 2.42. The summed E-state index contributed by atoms with van der Waals surface area (Å²) in [6, 6.07) is 11.3. The van der Waals surface area contributed by atoms with Gasteiger partial charge in [-0.05, 0) is 85.0 Å². The van der Waals surface area contributed by atoms with Gasteiger partial charge in [-0.25, -0.2) is 0 Å². The molecular formula is C30H30F3N5O2. The summed E-state index contributed by atoms with van der Waals surface area (Å²) in [4.78, 5) is 38.4. The van der Waals surface area contributed by atoms with Gasteiger partial charge in [0.15, 0.2) is 0 Å². The summed E-state index contributed by atoms with van der Waals surface area (Å²) in [7, 11) is 0. The first-order valence-electron chi connectivity index (χ1n) is 13.6. The third kappa shape index (κ3) is 5.14. The van der Waals surface area contributed by atoms with Crippen LogP contribution in [-0.2, 0) is 12.6 Å². The zero-order chi connectivity index (χ0) is 27.9. The number of anilines is 1. The minimum atomic E-state index is -4.51. The number of pyridine rings is 2. The Hall–Kier alpha value is -3.95. The molecule has 1 aromatic carbocycles. The van der Waals surface area contributed by atoms with Crippen LogP contribution in [-0.4, -0.2) is 52.9 Å². The summed E-state index contributed by atoms with van der Waals surface area (Å²) in [5.41, 5.74) is 2.88. The second kappa shape index (κ2) is 10.2. The van der Waals surface area contributed by atoms with Crippen LogP contribution in [0.15, 0.2) is 61.1 Å². The van der Waals surface area contributed by atoms with E-state index in [4.69, 9.17) is 0 Å². The fraction of sp³-hybridized carbons (Fsp3) is 0.400. The van der Waals surface area contributed by atoms with Gasteiger partial charge in [0.05, 0.1) is 11.6 Å². The number of benzene rings is 1. The summed E-state index contributed by atoms with van der Waals surface area (Å²) in [6.45, 7) is 3.39. The SMILES string of the molecule is O=C(NC1CCc2ccc(C(=O)N3CCC4(CCN(c5ccncc5)CC4)C3)cc21)c1ccc(C(F)(F)F)cn1. The molecule has 40 heavy (non-hydrogen) atoms. The Kier molecular flexibility index (Phi) is 6.72. The number of fused-ring (bicyclic) bond motifs is 1. The number of hydrogen-bond acceptors (Lipinski definition) is 5. The number of piperidine rings is 1. The molecule has 2 aliphatic heterocycles. The Labute approximate surface area is 230 Å². The molecule has 3 aromatic rings. The number of likely N-dealkylation sites (tertiary alicyclic amines) is 1. The predicted molar refractivity (Wildman–Crippen MR) is 143 cm³/mol. The van der Waals surface area contributed by atoms with Crippen LogP contribution in [0, 0.1) is 5.41 Å². The lowest BCUT2D eigenvalue weighted by Gasteiger charge is -2.40. The molecule has 0 radical (unpaired) electrons. The summed E-state index contributed by atoms with van der Waals surface area (Å²) < 4.78 is 38.5. The molecule has 1 aliphatic carbocycles. The number of aromatic nitrogens is 2. The first-order chi connectivity index (χ1) is 19.2. The van der Waals surface area contributed by atoms with Gasteiger partial charge in [0.1, 0.15) is 5.69 Å². The van der Waals surface area contributed by atoms with Crippen LogP contribution >= 0.6 is 0 Å². The van der Waals surface area contributed by atoms with Crippen molar-refractivity contribution in [3.63, 3.8) is 0 Å². The molecule has 1 spiro atoms. The number of hydrogen-bond donors (Lipinski definition) is 1. The lowest BCUT2D eigenvalue weighted by Crippen LogP contribution is -2.42. The lowest BCUT2D eigenvalue weighted by atomic mass is 9.77. The summed E-state index contributed by atoms with van der Waals surface area (Å²) in [6.07, 6.45) is 4.25. The smallest absolute Gasteiger partial charge is 0.371 e. The largest absolute Gasteiger partial charge is 0.417 e. The van der Waals surface area contributed by atoms with Crippen molar-refractivity contribution >= 4 is 17.5 Å². The zero-order valence-electron chi connectivity index (χ0n) is 22.0. The maximum atomic E-state index is 13.5. The fourth-order valence-corrected chi connectivity index (χ4v) is 6.31. The Morgan fingerprint density at radius 2 is 1.73 bits per heavy atom.